The number of hydrogen-bond donors (Lipinski definition) is 0. The van der Waals surface area contributed by atoms with Crippen LogP contribution >= 0.6 is 0 Å². The van der Waals surface area contributed by atoms with E-state index in [2.05, 4.69) is 334 Å². The number of benzene rings is 13. The minimum Gasteiger partial charge on any atom is -0.310 e. The molecule has 0 radical (unpaired) electrons. The summed E-state index contributed by atoms with van der Waals surface area (Å²) in [5.41, 5.74) is 28.0. The van der Waals surface area contributed by atoms with Gasteiger partial charge < -0.3 is 18.3 Å². The molecule has 1 aliphatic rings. The Kier molecular flexibility index (Phi) is 11.4. The third kappa shape index (κ3) is 7.92. The van der Waals surface area contributed by atoms with Gasteiger partial charge in [0.25, 0.3) is 0 Å². The van der Waals surface area contributed by atoms with Gasteiger partial charge in [0.15, 0.2) is 0 Å². The topological polar surface area (TPSA) is 19.7 Å². The quantitative estimate of drug-likeness (QED) is 0.137. The molecule has 0 amide bonds. The lowest BCUT2D eigenvalue weighted by Gasteiger charge is -2.18. The van der Waals surface area contributed by atoms with Crippen molar-refractivity contribution in [2.45, 2.75) is 12.8 Å². The van der Waals surface area contributed by atoms with Gasteiger partial charge in [0.2, 0.25) is 0 Å². The second-order valence-corrected chi connectivity index (χ2v) is 23.5. The van der Waals surface area contributed by atoms with Crippen LogP contribution in [0, 0.1) is 0 Å². The van der Waals surface area contributed by atoms with Crippen LogP contribution in [0.15, 0.2) is 309 Å². The maximum absolute atomic E-state index is 2.49. The van der Waals surface area contributed by atoms with Crippen molar-refractivity contribution in [3.05, 3.63) is 326 Å². The summed E-state index contributed by atoms with van der Waals surface area (Å²) in [6.07, 6.45) is 4.41. The molecule has 0 N–H and O–H groups in total. The molecule has 412 valence electrons. The minimum absolute atomic E-state index is 0.956. The molecule has 0 atom stereocenters. The van der Waals surface area contributed by atoms with Crippen molar-refractivity contribution in [3.8, 4) is 67.3 Å². The lowest BCUT2D eigenvalue weighted by atomic mass is 9.89. The molecule has 17 aromatic rings. The van der Waals surface area contributed by atoms with Crippen LogP contribution in [0.3, 0.4) is 0 Å². The van der Waals surface area contributed by atoms with E-state index < -0.39 is 0 Å². The fourth-order valence-electron chi connectivity index (χ4n) is 14.7. The van der Waals surface area contributed by atoms with Crippen LogP contribution in [-0.4, -0.2) is 18.3 Å². The van der Waals surface area contributed by atoms with Crippen molar-refractivity contribution in [3.63, 3.8) is 0 Å². The van der Waals surface area contributed by atoms with E-state index in [0.717, 1.165) is 35.6 Å². The largest absolute Gasteiger partial charge is 0.310 e. The summed E-state index contributed by atoms with van der Waals surface area (Å²) in [5, 5.41) is 8.97. The fraction of sp³-hybridized carbons (Fsp3) is 0.0238. The monoisotopic (exact) mass is 1120 g/mol. The van der Waals surface area contributed by atoms with E-state index >= 15 is 0 Å². The number of rotatable bonds is 9. The van der Waals surface area contributed by atoms with E-state index in [1.165, 1.54) is 143 Å². The van der Waals surface area contributed by atoms with Gasteiger partial charge in [-0.25, -0.2) is 0 Å². The first-order valence-electron chi connectivity index (χ1n) is 30.6. The molecule has 18 rings (SSSR count). The summed E-state index contributed by atoms with van der Waals surface area (Å²) in [6.45, 7) is 0. The molecule has 0 bridgehead atoms. The summed E-state index contributed by atoms with van der Waals surface area (Å²) >= 11 is 0. The molecular formula is C84H56N4. The first kappa shape index (κ1) is 49.9. The van der Waals surface area contributed by atoms with E-state index in [-0.39, 0.29) is 0 Å². The van der Waals surface area contributed by atoms with Crippen molar-refractivity contribution in [1.82, 2.24) is 18.3 Å². The average molecular weight is 1120 g/mol. The van der Waals surface area contributed by atoms with Gasteiger partial charge in [-0.2, -0.15) is 0 Å². The smallest absolute Gasteiger partial charge is 0.0547 e. The zero-order valence-corrected chi connectivity index (χ0v) is 48.2. The van der Waals surface area contributed by atoms with Gasteiger partial charge in [0.05, 0.1) is 44.3 Å². The fourth-order valence-corrected chi connectivity index (χ4v) is 14.7. The SMILES string of the molecule is C1=C(c2cccc3c2c2ccccc2n3-c2ccc(-c3ccc(-n4c5ccccc5c5ccccc54)cc3)cc2)CCc2c1n(-c1ccc(-c3cccc(-c4cccc(-c5ccc(-n6c7ccccc7c7ccccc76)cc5)c4)c3)cc1)c1ccccc21. The maximum atomic E-state index is 2.49. The molecule has 4 heterocycles. The van der Waals surface area contributed by atoms with Gasteiger partial charge in [-0.05, 0) is 183 Å². The molecule has 0 fully saturated rings. The van der Waals surface area contributed by atoms with E-state index in [4.69, 9.17) is 0 Å². The minimum atomic E-state index is 0.956. The third-order valence-electron chi connectivity index (χ3n) is 18.7. The molecular weight excluding hydrogens is 1060 g/mol. The van der Waals surface area contributed by atoms with Crippen LogP contribution in [0.4, 0.5) is 0 Å². The molecule has 1 aliphatic carbocycles. The molecule has 4 heteroatoms. The highest BCUT2D eigenvalue weighted by Crippen LogP contribution is 2.44. The summed E-state index contributed by atoms with van der Waals surface area (Å²) in [5.74, 6) is 0. The highest BCUT2D eigenvalue weighted by molar-refractivity contribution is 6.16. The van der Waals surface area contributed by atoms with E-state index in [9.17, 15) is 0 Å². The van der Waals surface area contributed by atoms with Gasteiger partial charge in [0, 0.05) is 60.5 Å². The van der Waals surface area contributed by atoms with E-state index in [1.807, 2.05) is 0 Å². The number of nitrogens with zero attached hydrogens (tertiary/aromatic N) is 4. The number of aryl methyl sites for hydroxylation is 1. The Bertz CT molecular complexity index is 5540. The van der Waals surface area contributed by atoms with E-state index in [0.29, 0.717) is 0 Å². The summed E-state index contributed by atoms with van der Waals surface area (Å²) < 4.78 is 9.71. The zero-order valence-electron chi connectivity index (χ0n) is 48.2. The molecule has 0 saturated heterocycles. The summed E-state index contributed by atoms with van der Waals surface area (Å²) in [6, 6.07) is 114. The lowest BCUT2D eigenvalue weighted by Crippen LogP contribution is -2.03. The molecule has 0 spiro atoms. The Morgan fingerprint density at radius 3 is 0.955 bits per heavy atom. The molecule has 0 unspecified atom stereocenters. The molecule has 88 heavy (non-hydrogen) atoms. The second kappa shape index (κ2) is 20.1. The first-order valence-corrected chi connectivity index (χ1v) is 30.6. The number of hydrogen-bond acceptors (Lipinski definition) is 0. The standard InChI is InChI=1S/C84H56N4/c1-7-27-76-69(20-1)70-21-2-8-28-77(70)85(76)64-43-34-55(35-44-64)56-36-45-66(46-37-56)87-81-32-12-6-25-75(81)84-68(26-15-33-82(84)87)63-42-51-74-73-24-5-11-31-80(73)88(83(74)54-63)67-49-40-58(41-50-67)60-17-14-19-62(53-60)61-18-13-16-59(52-61)57-38-47-65(48-39-57)86-78-29-9-3-22-71(78)72-23-4-10-30-79(72)86/h1-41,43-50,52-54H,42,51H2. The maximum Gasteiger partial charge on any atom is 0.0547 e. The first-order chi connectivity index (χ1) is 43.6. The molecule has 13 aromatic carbocycles. The van der Waals surface area contributed by atoms with Gasteiger partial charge >= 0.3 is 0 Å². The highest BCUT2D eigenvalue weighted by atomic mass is 15.0. The molecule has 0 saturated carbocycles. The van der Waals surface area contributed by atoms with Gasteiger partial charge in [-0.1, -0.05) is 206 Å². The van der Waals surface area contributed by atoms with Gasteiger partial charge in [-0.15, -0.1) is 0 Å². The Morgan fingerprint density at radius 1 is 0.216 bits per heavy atom. The van der Waals surface area contributed by atoms with Gasteiger partial charge in [-0.3, -0.25) is 0 Å². The normalized spacial score (nSPS) is 12.5. The van der Waals surface area contributed by atoms with Crippen LogP contribution in [0.5, 0.6) is 0 Å². The number of aromatic nitrogens is 4. The van der Waals surface area contributed by atoms with Gasteiger partial charge in [0.1, 0.15) is 0 Å². The number of allylic oxidation sites excluding steroid dienone is 1. The molecule has 4 aromatic heterocycles. The summed E-state index contributed by atoms with van der Waals surface area (Å²) in [4.78, 5) is 0. The number of para-hydroxylation sites is 6. The van der Waals surface area contributed by atoms with Crippen LogP contribution in [0.25, 0.3) is 155 Å². The Balaban J connectivity index is 0.645. The van der Waals surface area contributed by atoms with Crippen molar-refractivity contribution < 1.29 is 0 Å². The van der Waals surface area contributed by atoms with Crippen LogP contribution in [0.1, 0.15) is 23.2 Å². The predicted molar refractivity (Wildman–Crippen MR) is 371 cm³/mol. The Morgan fingerprint density at radius 2 is 0.523 bits per heavy atom. The second-order valence-electron chi connectivity index (χ2n) is 23.5. The summed E-state index contributed by atoms with van der Waals surface area (Å²) in [7, 11) is 0. The van der Waals surface area contributed by atoms with Crippen LogP contribution in [-0.2, 0) is 6.42 Å². The van der Waals surface area contributed by atoms with Crippen LogP contribution < -0.4 is 0 Å². The van der Waals surface area contributed by atoms with E-state index in [1.54, 1.807) is 0 Å². The molecule has 4 nitrogen and oxygen atoms in total. The van der Waals surface area contributed by atoms with Crippen molar-refractivity contribution in [1.29, 1.82) is 0 Å². The Labute approximate surface area is 509 Å². The molecule has 0 aliphatic heterocycles. The average Bonchev–Trinajstić information content (AvgIpc) is 2.18. The zero-order chi connectivity index (χ0) is 57.8. The highest BCUT2D eigenvalue weighted by Gasteiger charge is 2.25. The van der Waals surface area contributed by atoms with Crippen molar-refractivity contribution in [2.24, 2.45) is 0 Å². The van der Waals surface area contributed by atoms with Crippen LogP contribution in [0.2, 0.25) is 0 Å². The van der Waals surface area contributed by atoms with Crippen molar-refractivity contribution >= 4 is 88.0 Å². The number of fused-ring (bicyclic) bond motifs is 12. The predicted octanol–water partition coefficient (Wildman–Crippen LogP) is 22.1. The van der Waals surface area contributed by atoms with Crippen molar-refractivity contribution in [2.75, 3.05) is 0 Å². The lowest BCUT2D eigenvalue weighted by molar-refractivity contribution is 0.982. The third-order valence-corrected chi connectivity index (χ3v) is 18.7. The Hall–Kier alpha value is -11.5.